The smallest absolute Gasteiger partial charge is 0.417 e. The summed E-state index contributed by atoms with van der Waals surface area (Å²) in [7, 11) is 2.54. The summed E-state index contributed by atoms with van der Waals surface area (Å²) in [5.41, 5.74) is -1.74. The molecule has 7 nitrogen and oxygen atoms in total. The zero-order chi connectivity index (χ0) is 25.4. The first-order chi connectivity index (χ1) is 15.9. The zero-order valence-electron chi connectivity index (χ0n) is 18.3. The molecule has 1 fully saturated rings. The fourth-order valence-corrected chi connectivity index (χ4v) is 4.06. The Morgan fingerprint density at radius 3 is 2.56 bits per heavy atom. The van der Waals surface area contributed by atoms with Gasteiger partial charge in [0.15, 0.2) is 0 Å². The number of carbonyl (C=O) groups excluding carboxylic acids is 2. The molecular formula is C22H19ClF4N4O3. The molecule has 1 aliphatic heterocycles. The Labute approximate surface area is 197 Å². The average molecular weight is 499 g/mol. The minimum atomic E-state index is -4.84. The zero-order valence-corrected chi connectivity index (χ0v) is 19.0. The Bertz CT molecular complexity index is 1180. The molecule has 0 radical (unpaired) electrons. The van der Waals surface area contributed by atoms with Crippen LogP contribution in [0.25, 0.3) is 0 Å². The number of amides is 1. The standard InChI is InChI=1S/C22H19ClF4N4O3/c1-11-6-15(22(25,26)27)14(9-28)19(29-11)31-10-12(21(33)34-3)7-18(31)20(32)30(2)13-4-5-17(24)16(23)8-13/h4-6,8,12,18H,7,10H2,1-3H3/t12-,18?/m0/s1. The van der Waals surface area contributed by atoms with Gasteiger partial charge in [-0.25, -0.2) is 9.37 Å². The summed E-state index contributed by atoms with van der Waals surface area (Å²) in [6.07, 6.45) is -4.93. The summed E-state index contributed by atoms with van der Waals surface area (Å²) in [6, 6.07) is 4.74. The van der Waals surface area contributed by atoms with Crippen molar-refractivity contribution >= 4 is 35.0 Å². The quantitative estimate of drug-likeness (QED) is 0.466. The van der Waals surface area contributed by atoms with E-state index in [4.69, 9.17) is 16.3 Å². The van der Waals surface area contributed by atoms with Crippen LogP contribution in [0.2, 0.25) is 5.02 Å². The minimum Gasteiger partial charge on any atom is -0.469 e. The van der Waals surface area contributed by atoms with Gasteiger partial charge < -0.3 is 14.5 Å². The van der Waals surface area contributed by atoms with E-state index in [9.17, 15) is 32.4 Å². The van der Waals surface area contributed by atoms with E-state index in [-0.39, 0.29) is 35.2 Å². The van der Waals surface area contributed by atoms with Gasteiger partial charge in [-0.15, -0.1) is 0 Å². The van der Waals surface area contributed by atoms with Gasteiger partial charge in [0, 0.05) is 25.0 Å². The number of hydrogen-bond acceptors (Lipinski definition) is 6. The monoisotopic (exact) mass is 498 g/mol. The largest absolute Gasteiger partial charge is 0.469 e. The van der Waals surface area contributed by atoms with Crippen LogP contribution >= 0.6 is 11.6 Å². The first-order valence-electron chi connectivity index (χ1n) is 9.95. The lowest BCUT2D eigenvalue weighted by Crippen LogP contribution is -2.45. The number of esters is 1. The molecule has 34 heavy (non-hydrogen) atoms. The van der Waals surface area contributed by atoms with Crippen LogP contribution in [0.4, 0.5) is 29.1 Å². The highest BCUT2D eigenvalue weighted by atomic mass is 35.5. The Kier molecular flexibility index (Phi) is 7.02. The minimum absolute atomic E-state index is 0.0206. The molecule has 1 aromatic heterocycles. The molecule has 1 amide bonds. The number of aryl methyl sites for hydroxylation is 1. The molecule has 12 heteroatoms. The third-order valence-electron chi connectivity index (χ3n) is 5.56. The Morgan fingerprint density at radius 1 is 1.32 bits per heavy atom. The molecule has 0 spiro atoms. The normalized spacial score (nSPS) is 17.9. The van der Waals surface area contributed by atoms with Gasteiger partial charge in [-0.2, -0.15) is 18.4 Å². The number of alkyl halides is 3. The highest BCUT2D eigenvalue weighted by molar-refractivity contribution is 6.31. The lowest BCUT2D eigenvalue weighted by atomic mass is 10.0. The molecule has 3 rings (SSSR count). The van der Waals surface area contributed by atoms with Crippen LogP contribution in [-0.2, 0) is 20.5 Å². The van der Waals surface area contributed by atoms with Crippen LogP contribution in [0, 0.1) is 30.0 Å². The third-order valence-corrected chi connectivity index (χ3v) is 5.85. The van der Waals surface area contributed by atoms with E-state index in [2.05, 4.69) is 4.98 Å². The SMILES string of the molecule is COC(=O)[C@H]1CC(C(=O)N(C)c2ccc(F)c(Cl)c2)N(c2nc(C)cc(C(F)(F)F)c2C#N)C1. The molecule has 0 aliphatic carbocycles. The van der Waals surface area contributed by atoms with Gasteiger partial charge in [0.05, 0.1) is 23.6 Å². The van der Waals surface area contributed by atoms with Crippen molar-refractivity contribution in [1.29, 1.82) is 5.26 Å². The number of benzene rings is 1. The molecule has 2 atom stereocenters. The second kappa shape index (κ2) is 9.46. The van der Waals surface area contributed by atoms with Crippen molar-refractivity contribution in [1.82, 2.24) is 4.98 Å². The Morgan fingerprint density at radius 2 is 2.00 bits per heavy atom. The lowest BCUT2D eigenvalue weighted by Gasteiger charge is -2.30. The van der Waals surface area contributed by atoms with Crippen LogP contribution in [0.3, 0.4) is 0 Å². The first kappa shape index (κ1) is 25.2. The molecule has 1 aromatic carbocycles. The maximum atomic E-state index is 13.6. The van der Waals surface area contributed by atoms with Gasteiger partial charge in [-0.3, -0.25) is 9.59 Å². The molecule has 0 bridgehead atoms. The van der Waals surface area contributed by atoms with Crippen LogP contribution in [0.15, 0.2) is 24.3 Å². The second-order valence-electron chi connectivity index (χ2n) is 7.74. The van der Waals surface area contributed by atoms with E-state index in [0.717, 1.165) is 24.1 Å². The maximum Gasteiger partial charge on any atom is 0.417 e. The number of carbonyl (C=O) groups is 2. The Hall–Kier alpha value is -3.39. The predicted molar refractivity (Wildman–Crippen MR) is 115 cm³/mol. The molecule has 2 aromatic rings. The van der Waals surface area contributed by atoms with E-state index in [1.165, 1.54) is 31.0 Å². The maximum absolute atomic E-state index is 13.6. The van der Waals surface area contributed by atoms with E-state index >= 15 is 0 Å². The molecule has 0 N–H and O–H groups in total. The van der Waals surface area contributed by atoms with Crippen LogP contribution in [-0.4, -0.2) is 43.6 Å². The van der Waals surface area contributed by atoms with Gasteiger partial charge in [0.2, 0.25) is 5.91 Å². The summed E-state index contributed by atoms with van der Waals surface area (Å²) in [5, 5.41) is 9.32. The topological polar surface area (TPSA) is 86.5 Å². The highest BCUT2D eigenvalue weighted by Crippen LogP contribution is 2.39. The van der Waals surface area contributed by atoms with Gasteiger partial charge in [0.1, 0.15) is 29.3 Å². The summed E-state index contributed by atoms with van der Waals surface area (Å²) in [5.74, 6) is -3.18. The first-order valence-corrected chi connectivity index (χ1v) is 10.3. The fourth-order valence-electron chi connectivity index (χ4n) is 3.88. The van der Waals surface area contributed by atoms with Crippen LogP contribution in [0.1, 0.15) is 23.2 Å². The Balaban J connectivity index is 2.10. The van der Waals surface area contributed by atoms with Gasteiger partial charge in [-0.05, 0) is 37.6 Å². The number of anilines is 2. The van der Waals surface area contributed by atoms with Gasteiger partial charge in [-0.1, -0.05) is 11.6 Å². The summed E-state index contributed by atoms with van der Waals surface area (Å²) >= 11 is 5.81. The third kappa shape index (κ3) is 4.77. The van der Waals surface area contributed by atoms with Crippen molar-refractivity contribution in [3.63, 3.8) is 0 Å². The molecular weight excluding hydrogens is 480 g/mol. The predicted octanol–water partition coefficient (Wildman–Crippen LogP) is 4.10. The number of methoxy groups -OCH3 is 1. The molecule has 1 aliphatic rings. The summed E-state index contributed by atoms with van der Waals surface area (Å²) < 4.78 is 59.2. The number of halogens is 5. The van der Waals surface area contributed by atoms with Crippen LogP contribution < -0.4 is 9.80 Å². The van der Waals surface area contributed by atoms with Crippen molar-refractivity contribution in [2.24, 2.45) is 5.92 Å². The van der Waals surface area contributed by atoms with Crippen molar-refractivity contribution in [2.45, 2.75) is 25.6 Å². The average Bonchev–Trinajstić information content (AvgIpc) is 3.23. The highest BCUT2D eigenvalue weighted by Gasteiger charge is 2.45. The molecule has 1 saturated heterocycles. The number of nitriles is 1. The van der Waals surface area contributed by atoms with E-state index in [1.54, 1.807) is 6.07 Å². The number of ether oxygens (including phenoxy) is 1. The number of hydrogen-bond donors (Lipinski definition) is 0. The lowest BCUT2D eigenvalue weighted by molar-refractivity contribution is -0.144. The van der Waals surface area contributed by atoms with Gasteiger partial charge in [0.25, 0.3) is 0 Å². The summed E-state index contributed by atoms with van der Waals surface area (Å²) in [6.45, 7) is 1.14. The molecule has 1 unspecified atom stereocenters. The van der Waals surface area contributed by atoms with Gasteiger partial charge >= 0.3 is 12.1 Å². The van der Waals surface area contributed by atoms with E-state index in [1.807, 2.05) is 0 Å². The van der Waals surface area contributed by atoms with Crippen molar-refractivity contribution in [3.8, 4) is 6.07 Å². The number of nitrogens with zero attached hydrogens (tertiary/aromatic N) is 4. The van der Waals surface area contributed by atoms with Crippen LogP contribution in [0.5, 0.6) is 0 Å². The fraction of sp³-hybridized carbons (Fsp3) is 0.364. The van der Waals surface area contributed by atoms with E-state index < -0.39 is 47.0 Å². The number of rotatable bonds is 4. The second-order valence-corrected chi connectivity index (χ2v) is 8.15. The molecule has 180 valence electrons. The van der Waals surface area contributed by atoms with E-state index in [0.29, 0.717) is 0 Å². The van der Waals surface area contributed by atoms with Crippen molar-refractivity contribution in [2.75, 3.05) is 30.5 Å². The summed E-state index contributed by atoms with van der Waals surface area (Å²) in [4.78, 5) is 32.1. The molecule has 0 saturated carbocycles. The van der Waals surface area contributed by atoms with Crippen molar-refractivity contribution < 1.29 is 31.9 Å². The number of pyridine rings is 1. The molecule has 2 heterocycles. The number of aromatic nitrogens is 1. The van der Waals surface area contributed by atoms with Crippen molar-refractivity contribution in [3.05, 3.63) is 51.9 Å². The number of likely N-dealkylation sites (N-methyl/N-ethyl adjacent to an activating group) is 1.